The van der Waals surface area contributed by atoms with Crippen molar-refractivity contribution in [3.63, 3.8) is 0 Å². The van der Waals surface area contributed by atoms with E-state index in [1.54, 1.807) is 18.2 Å². The first kappa shape index (κ1) is 13.5. The summed E-state index contributed by atoms with van der Waals surface area (Å²) in [5.74, 6) is 0.707. The summed E-state index contributed by atoms with van der Waals surface area (Å²) in [5.41, 5.74) is 0.562. The van der Waals surface area contributed by atoms with Crippen LogP contribution >= 0.6 is 11.6 Å². The molecule has 2 N–H and O–H groups in total. The molecule has 3 rings (SSSR count). The Bertz CT molecular complexity index is 684. The fraction of sp³-hybridized carbons (Fsp3) is 0.429. The number of aromatic amines is 1. The van der Waals surface area contributed by atoms with Crippen LogP contribution in [-0.2, 0) is 6.54 Å². The van der Waals surface area contributed by atoms with Crippen molar-refractivity contribution in [2.45, 2.75) is 19.5 Å². The third-order valence-electron chi connectivity index (χ3n) is 3.54. The second-order valence-electron chi connectivity index (χ2n) is 5.26. The van der Waals surface area contributed by atoms with Crippen molar-refractivity contribution < 1.29 is 0 Å². The third kappa shape index (κ3) is 2.85. The second-order valence-corrected chi connectivity index (χ2v) is 5.70. The minimum atomic E-state index is -0.129. The van der Waals surface area contributed by atoms with Crippen LogP contribution in [0.25, 0.3) is 10.9 Å². The number of piperazine rings is 1. The zero-order valence-electron chi connectivity index (χ0n) is 11.3. The Labute approximate surface area is 122 Å². The van der Waals surface area contributed by atoms with Crippen LogP contribution in [0.2, 0.25) is 5.02 Å². The number of hydrogen-bond donors (Lipinski definition) is 2. The van der Waals surface area contributed by atoms with Gasteiger partial charge in [0.25, 0.3) is 5.56 Å². The first-order valence-corrected chi connectivity index (χ1v) is 7.14. The third-order valence-corrected chi connectivity index (χ3v) is 3.78. The molecule has 0 radical (unpaired) electrons. The van der Waals surface area contributed by atoms with Crippen LogP contribution < -0.4 is 10.9 Å². The Kier molecular flexibility index (Phi) is 3.74. The highest BCUT2D eigenvalue weighted by molar-refractivity contribution is 6.31. The quantitative estimate of drug-likeness (QED) is 0.878. The molecule has 1 fully saturated rings. The van der Waals surface area contributed by atoms with E-state index in [0.29, 0.717) is 34.3 Å². The summed E-state index contributed by atoms with van der Waals surface area (Å²) in [6.07, 6.45) is 0. The van der Waals surface area contributed by atoms with Crippen molar-refractivity contribution in [1.82, 2.24) is 20.2 Å². The van der Waals surface area contributed by atoms with Crippen LogP contribution in [0, 0.1) is 0 Å². The first-order valence-electron chi connectivity index (χ1n) is 6.76. The summed E-state index contributed by atoms with van der Waals surface area (Å²) in [6, 6.07) is 5.66. The average molecular weight is 293 g/mol. The molecule has 0 unspecified atom stereocenters. The van der Waals surface area contributed by atoms with Gasteiger partial charge < -0.3 is 10.3 Å². The van der Waals surface area contributed by atoms with Gasteiger partial charge >= 0.3 is 0 Å². The zero-order valence-corrected chi connectivity index (χ0v) is 12.1. The number of nitrogens with one attached hydrogen (secondary N) is 2. The van der Waals surface area contributed by atoms with Crippen LogP contribution in [0.1, 0.15) is 12.7 Å². The number of rotatable bonds is 2. The Hall–Kier alpha value is -1.43. The smallest absolute Gasteiger partial charge is 0.258 e. The molecule has 5 nitrogen and oxygen atoms in total. The van der Waals surface area contributed by atoms with Crippen LogP contribution in [0.5, 0.6) is 0 Å². The molecule has 1 atom stereocenters. The van der Waals surface area contributed by atoms with E-state index in [2.05, 4.69) is 27.1 Å². The molecule has 20 heavy (non-hydrogen) atoms. The largest absolute Gasteiger partial charge is 0.312 e. The lowest BCUT2D eigenvalue weighted by Gasteiger charge is -2.31. The van der Waals surface area contributed by atoms with Crippen LogP contribution in [-0.4, -0.2) is 40.5 Å². The molecule has 0 spiro atoms. The maximum absolute atomic E-state index is 12.1. The minimum absolute atomic E-state index is 0.129. The van der Waals surface area contributed by atoms with Crippen LogP contribution in [0.4, 0.5) is 0 Å². The van der Waals surface area contributed by atoms with E-state index in [1.807, 2.05) is 0 Å². The lowest BCUT2D eigenvalue weighted by Crippen LogP contribution is -2.48. The maximum Gasteiger partial charge on any atom is 0.258 e. The fourth-order valence-electron chi connectivity index (χ4n) is 2.60. The molecule has 0 bridgehead atoms. The molecule has 0 saturated carbocycles. The van der Waals surface area contributed by atoms with E-state index in [1.165, 1.54) is 0 Å². The van der Waals surface area contributed by atoms with Crippen molar-refractivity contribution in [3.8, 4) is 0 Å². The lowest BCUT2D eigenvalue weighted by molar-refractivity contribution is 0.195. The number of aromatic nitrogens is 2. The molecule has 6 heteroatoms. The van der Waals surface area contributed by atoms with Crippen molar-refractivity contribution in [2.75, 3.05) is 19.6 Å². The molecular weight excluding hydrogens is 276 g/mol. The number of H-pyrrole nitrogens is 1. The summed E-state index contributed by atoms with van der Waals surface area (Å²) >= 11 is 5.91. The Morgan fingerprint density at radius 3 is 3.15 bits per heavy atom. The molecular formula is C14H17ClN4O. The van der Waals surface area contributed by atoms with E-state index in [4.69, 9.17) is 11.6 Å². The number of nitrogens with zero attached hydrogens (tertiary/aromatic N) is 2. The van der Waals surface area contributed by atoms with Gasteiger partial charge in [-0.1, -0.05) is 11.6 Å². The Morgan fingerprint density at radius 1 is 1.50 bits per heavy atom. The van der Waals surface area contributed by atoms with E-state index in [-0.39, 0.29) is 5.56 Å². The van der Waals surface area contributed by atoms with Crippen molar-refractivity contribution >= 4 is 22.5 Å². The van der Waals surface area contributed by atoms with Crippen molar-refractivity contribution in [1.29, 1.82) is 0 Å². The topological polar surface area (TPSA) is 61.0 Å². The van der Waals surface area contributed by atoms with Gasteiger partial charge in [-0.25, -0.2) is 4.98 Å². The van der Waals surface area contributed by atoms with Gasteiger partial charge in [0.1, 0.15) is 5.82 Å². The Morgan fingerprint density at radius 2 is 2.35 bits per heavy atom. The first-order chi connectivity index (χ1) is 9.61. The average Bonchev–Trinajstić information content (AvgIpc) is 2.40. The Balaban J connectivity index is 1.89. The zero-order chi connectivity index (χ0) is 14.1. The number of hydrogen-bond acceptors (Lipinski definition) is 4. The minimum Gasteiger partial charge on any atom is -0.312 e. The predicted molar refractivity (Wildman–Crippen MR) is 80.1 cm³/mol. The van der Waals surface area contributed by atoms with Gasteiger partial charge in [-0.2, -0.15) is 0 Å². The molecule has 1 aromatic heterocycles. The van der Waals surface area contributed by atoms with E-state index >= 15 is 0 Å². The van der Waals surface area contributed by atoms with Gasteiger partial charge in [-0.15, -0.1) is 0 Å². The molecule has 1 aliphatic rings. The number of benzene rings is 1. The summed E-state index contributed by atoms with van der Waals surface area (Å²) in [5, 5.41) is 4.48. The molecule has 0 amide bonds. The summed E-state index contributed by atoms with van der Waals surface area (Å²) in [6.45, 7) is 5.72. The maximum atomic E-state index is 12.1. The van der Waals surface area contributed by atoms with Gasteiger partial charge in [-0.3, -0.25) is 9.69 Å². The molecule has 0 aliphatic carbocycles. The van der Waals surface area contributed by atoms with Gasteiger partial charge in [-0.05, 0) is 25.1 Å². The summed E-state index contributed by atoms with van der Waals surface area (Å²) in [4.78, 5) is 21.7. The number of fused-ring (bicyclic) bond motifs is 1. The normalized spacial score (nSPS) is 20.4. The van der Waals surface area contributed by atoms with Crippen molar-refractivity contribution in [2.24, 2.45) is 0 Å². The van der Waals surface area contributed by atoms with E-state index in [0.717, 1.165) is 19.6 Å². The lowest BCUT2D eigenvalue weighted by atomic mass is 10.2. The summed E-state index contributed by atoms with van der Waals surface area (Å²) in [7, 11) is 0. The highest BCUT2D eigenvalue weighted by Gasteiger charge is 2.16. The van der Waals surface area contributed by atoms with Gasteiger partial charge in [0.2, 0.25) is 0 Å². The highest BCUT2D eigenvalue weighted by atomic mass is 35.5. The van der Waals surface area contributed by atoms with Crippen LogP contribution in [0.3, 0.4) is 0 Å². The predicted octanol–water partition coefficient (Wildman–Crippen LogP) is 1.37. The molecule has 1 aromatic carbocycles. The highest BCUT2D eigenvalue weighted by Crippen LogP contribution is 2.15. The van der Waals surface area contributed by atoms with Crippen molar-refractivity contribution in [3.05, 3.63) is 39.4 Å². The summed E-state index contributed by atoms with van der Waals surface area (Å²) < 4.78 is 0. The number of halogens is 1. The van der Waals surface area contributed by atoms with E-state index < -0.39 is 0 Å². The van der Waals surface area contributed by atoms with Gasteiger partial charge in [0, 0.05) is 30.7 Å². The van der Waals surface area contributed by atoms with Crippen LogP contribution in [0.15, 0.2) is 23.0 Å². The van der Waals surface area contributed by atoms with E-state index in [9.17, 15) is 4.79 Å². The molecule has 2 heterocycles. The fourth-order valence-corrected chi connectivity index (χ4v) is 2.77. The molecule has 2 aromatic rings. The molecule has 106 valence electrons. The second kappa shape index (κ2) is 5.52. The standard InChI is InChI=1S/C14H17ClN4O/c1-9-7-19(5-4-16-9)8-13-17-12-3-2-10(15)6-11(12)14(20)18-13/h2-3,6,9,16H,4-5,7-8H2,1H3,(H,17,18,20)/t9-/m1/s1. The monoisotopic (exact) mass is 292 g/mol. The molecule has 1 aliphatic heterocycles. The molecule has 1 saturated heterocycles. The van der Waals surface area contributed by atoms with Gasteiger partial charge in [0.05, 0.1) is 17.4 Å². The SMILES string of the molecule is C[C@@H]1CN(Cc2nc3ccc(Cl)cc3c(=O)[nH]2)CCN1. The van der Waals surface area contributed by atoms with Gasteiger partial charge in [0.15, 0.2) is 0 Å².